The van der Waals surface area contributed by atoms with Gasteiger partial charge in [0.1, 0.15) is 24.4 Å². The second kappa shape index (κ2) is 49.7. The van der Waals surface area contributed by atoms with E-state index in [9.17, 15) is 30.3 Å². The van der Waals surface area contributed by atoms with E-state index in [2.05, 4.69) is 67.8 Å². The quantitative estimate of drug-likeness (QED) is 0.0261. The second-order valence-corrected chi connectivity index (χ2v) is 20.4. The number of allylic oxidation sites excluding steroid dienone is 8. The predicted octanol–water partition coefficient (Wildman–Crippen LogP) is 14.5. The summed E-state index contributed by atoms with van der Waals surface area (Å²) in [6.07, 6.45) is 59.0. The number of unbranched alkanes of at least 4 members (excludes halogenated alkanes) is 32. The average molecular weight is 975 g/mol. The van der Waals surface area contributed by atoms with Crippen molar-refractivity contribution in [1.29, 1.82) is 0 Å². The third kappa shape index (κ3) is 39.4. The molecule has 0 aromatic rings. The number of hydrogen-bond acceptors (Lipinski definition) is 8. The highest BCUT2D eigenvalue weighted by atomic mass is 16.7. The van der Waals surface area contributed by atoms with Gasteiger partial charge in [0.25, 0.3) is 0 Å². The first-order valence-corrected chi connectivity index (χ1v) is 29.3. The smallest absolute Gasteiger partial charge is 0.220 e. The lowest BCUT2D eigenvalue weighted by Gasteiger charge is -2.40. The Morgan fingerprint density at radius 2 is 0.899 bits per heavy atom. The molecule has 0 aromatic carbocycles. The molecule has 1 rings (SSSR count). The Morgan fingerprint density at radius 3 is 1.33 bits per heavy atom. The number of carbonyl (C=O) groups is 1. The standard InChI is InChI=1S/C60H111NO8/c1-3-5-7-9-11-13-14-15-16-17-18-19-20-21-22-23-24-25-26-27-28-29-30-31-32-33-34-35-36-37-38-39-40-42-44-46-48-50-56(64)61-53(54(63)49-47-45-43-41-12-10-8-6-4-2)52-68-60-59(67)58(66)57(65)55(51-62)69-60/h5,7,11,13,15-16,18-19,53-55,57-60,62-63,65-67H,3-4,6,8-10,12,14,17,20-52H2,1-2H3,(H,61,64)/b7-5-,13-11-,16-15-,19-18-. The van der Waals surface area contributed by atoms with Crippen LogP contribution in [0.4, 0.5) is 0 Å². The number of aliphatic hydroxyl groups is 5. The molecular weight excluding hydrogens is 863 g/mol. The fourth-order valence-corrected chi connectivity index (χ4v) is 9.33. The van der Waals surface area contributed by atoms with Crippen molar-refractivity contribution in [2.24, 2.45) is 0 Å². The van der Waals surface area contributed by atoms with E-state index in [1.165, 1.54) is 180 Å². The first-order chi connectivity index (χ1) is 33.8. The van der Waals surface area contributed by atoms with Crippen LogP contribution in [0, 0.1) is 0 Å². The van der Waals surface area contributed by atoms with Crippen LogP contribution in [0.25, 0.3) is 0 Å². The summed E-state index contributed by atoms with van der Waals surface area (Å²) in [5.74, 6) is -0.143. The lowest BCUT2D eigenvalue weighted by Crippen LogP contribution is -2.60. The molecule has 0 spiro atoms. The number of rotatable bonds is 50. The van der Waals surface area contributed by atoms with Crippen LogP contribution in [0.1, 0.15) is 271 Å². The molecule has 7 unspecified atom stereocenters. The summed E-state index contributed by atoms with van der Waals surface area (Å²) in [6.45, 7) is 3.71. The highest BCUT2D eigenvalue weighted by molar-refractivity contribution is 5.76. The number of carbonyl (C=O) groups excluding carboxylic acids is 1. The molecule has 1 heterocycles. The maximum atomic E-state index is 13.0. The minimum atomic E-state index is -1.55. The van der Waals surface area contributed by atoms with E-state index < -0.39 is 49.5 Å². The van der Waals surface area contributed by atoms with E-state index in [0.717, 1.165) is 64.2 Å². The largest absolute Gasteiger partial charge is 0.394 e. The van der Waals surface area contributed by atoms with Crippen molar-refractivity contribution in [3.05, 3.63) is 48.6 Å². The van der Waals surface area contributed by atoms with E-state index in [0.29, 0.717) is 12.8 Å². The second-order valence-electron chi connectivity index (χ2n) is 20.4. The number of aliphatic hydroxyl groups excluding tert-OH is 5. The Balaban J connectivity index is 2.00. The van der Waals surface area contributed by atoms with Gasteiger partial charge in [-0.05, 0) is 51.4 Å². The molecule has 9 heteroatoms. The molecule has 0 bridgehead atoms. The fraction of sp³-hybridized carbons (Fsp3) is 0.850. The van der Waals surface area contributed by atoms with Gasteiger partial charge in [-0.3, -0.25) is 4.79 Å². The van der Waals surface area contributed by atoms with Gasteiger partial charge in [-0.15, -0.1) is 0 Å². The molecule has 6 N–H and O–H groups in total. The lowest BCUT2D eigenvalue weighted by atomic mass is 9.99. The van der Waals surface area contributed by atoms with Crippen LogP contribution < -0.4 is 5.32 Å². The molecule has 0 radical (unpaired) electrons. The fourth-order valence-electron chi connectivity index (χ4n) is 9.33. The van der Waals surface area contributed by atoms with Crippen molar-refractivity contribution >= 4 is 5.91 Å². The number of nitrogens with one attached hydrogen (secondary N) is 1. The minimum Gasteiger partial charge on any atom is -0.394 e. The summed E-state index contributed by atoms with van der Waals surface area (Å²) < 4.78 is 11.3. The third-order valence-electron chi connectivity index (χ3n) is 13.9. The van der Waals surface area contributed by atoms with Crippen molar-refractivity contribution in [2.45, 2.75) is 314 Å². The molecule has 0 saturated carbocycles. The molecule has 69 heavy (non-hydrogen) atoms. The van der Waals surface area contributed by atoms with Gasteiger partial charge in [0, 0.05) is 6.42 Å². The summed E-state index contributed by atoms with van der Waals surface area (Å²) in [4.78, 5) is 13.0. The minimum absolute atomic E-state index is 0.135. The Hall–Kier alpha value is -1.85. The highest BCUT2D eigenvalue weighted by Crippen LogP contribution is 2.23. The monoisotopic (exact) mass is 974 g/mol. The Kier molecular flexibility index (Phi) is 47.0. The zero-order valence-electron chi connectivity index (χ0n) is 44.8. The van der Waals surface area contributed by atoms with Gasteiger partial charge in [0.15, 0.2) is 6.29 Å². The summed E-state index contributed by atoms with van der Waals surface area (Å²) in [7, 11) is 0. The van der Waals surface area contributed by atoms with E-state index in [1.54, 1.807) is 0 Å². The van der Waals surface area contributed by atoms with Gasteiger partial charge in [0.05, 0.1) is 25.4 Å². The van der Waals surface area contributed by atoms with Crippen LogP contribution in [0.15, 0.2) is 48.6 Å². The van der Waals surface area contributed by atoms with Crippen LogP contribution in [0.3, 0.4) is 0 Å². The van der Waals surface area contributed by atoms with Crippen molar-refractivity contribution in [3.8, 4) is 0 Å². The van der Waals surface area contributed by atoms with Gasteiger partial charge in [-0.25, -0.2) is 0 Å². The van der Waals surface area contributed by atoms with Gasteiger partial charge < -0.3 is 40.3 Å². The molecule has 0 aromatic heterocycles. The molecular formula is C60H111NO8. The van der Waals surface area contributed by atoms with Crippen molar-refractivity contribution in [2.75, 3.05) is 13.2 Å². The zero-order valence-corrected chi connectivity index (χ0v) is 44.8. The zero-order chi connectivity index (χ0) is 50.1. The molecule has 0 aliphatic carbocycles. The first kappa shape index (κ1) is 65.2. The Labute approximate surface area is 424 Å². The van der Waals surface area contributed by atoms with Gasteiger partial charge >= 0.3 is 0 Å². The topological polar surface area (TPSA) is 149 Å². The molecule has 404 valence electrons. The lowest BCUT2D eigenvalue weighted by molar-refractivity contribution is -0.302. The third-order valence-corrected chi connectivity index (χ3v) is 13.9. The van der Waals surface area contributed by atoms with Crippen molar-refractivity contribution in [1.82, 2.24) is 5.32 Å². The van der Waals surface area contributed by atoms with Crippen LogP contribution in [-0.2, 0) is 14.3 Å². The first-order valence-electron chi connectivity index (χ1n) is 29.3. The Bertz CT molecular complexity index is 1220. The Morgan fingerprint density at radius 1 is 0.507 bits per heavy atom. The van der Waals surface area contributed by atoms with Crippen molar-refractivity contribution in [3.63, 3.8) is 0 Å². The molecule has 1 aliphatic rings. The maximum absolute atomic E-state index is 13.0. The van der Waals surface area contributed by atoms with E-state index >= 15 is 0 Å². The van der Waals surface area contributed by atoms with Crippen LogP contribution in [0.2, 0.25) is 0 Å². The van der Waals surface area contributed by atoms with Gasteiger partial charge in [-0.1, -0.05) is 262 Å². The van der Waals surface area contributed by atoms with E-state index in [1.807, 2.05) is 0 Å². The van der Waals surface area contributed by atoms with Crippen LogP contribution in [-0.4, -0.2) is 87.5 Å². The molecule has 1 aliphatic heterocycles. The van der Waals surface area contributed by atoms with Crippen LogP contribution in [0.5, 0.6) is 0 Å². The summed E-state index contributed by atoms with van der Waals surface area (Å²) in [6, 6.07) is -0.715. The predicted molar refractivity (Wildman–Crippen MR) is 290 cm³/mol. The van der Waals surface area contributed by atoms with Crippen molar-refractivity contribution < 1.29 is 39.8 Å². The summed E-state index contributed by atoms with van der Waals surface area (Å²) >= 11 is 0. The molecule has 1 fully saturated rings. The average Bonchev–Trinajstić information content (AvgIpc) is 3.35. The molecule has 9 nitrogen and oxygen atoms in total. The molecule has 1 saturated heterocycles. The molecule has 7 atom stereocenters. The number of amides is 1. The van der Waals surface area contributed by atoms with E-state index in [-0.39, 0.29) is 12.5 Å². The maximum Gasteiger partial charge on any atom is 0.220 e. The normalized spacial score (nSPS) is 19.8. The number of hydrogen-bond donors (Lipinski definition) is 6. The molecule has 1 amide bonds. The SMILES string of the molecule is CC/C=C\C/C=C\C/C=C\C/C=C\CCCCCCCCCCCCCCCCCCCCCCCCCCC(=O)NC(COC1OC(CO)C(O)C(O)C1O)C(O)CCCCCCCCCCC. The summed E-state index contributed by atoms with van der Waals surface area (Å²) in [5.41, 5.74) is 0. The number of ether oxygens (including phenoxy) is 2. The van der Waals surface area contributed by atoms with Crippen LogP contribution >= 0.6 is 0 Å². The van der Waals surface area contributed by atoms with Gasteiger partial charge in [-0.2, -0.15) is 0 Å². The van der Waals surface area contributed by atoms with E-state index in [4.69, 9.17) is 9.47 Å². The van der Waals surface area contributed by atoms with Gasteiger partial charge in [0.2, 0.25) is 5.91 Å². The summed E-state index contributed by atoms with van der Waals surface area (Å²) in [5, 5.41) is 54.4. The highest BCUT2D eigenvalue weighted by Gasteiger charge is 2.44.